The van der Waals surface area contributed by atoms with Gasteiger partial charge in [-0.3, -0.25) is 4.79 Å². The summed E-state index contributed by atoms with van der Waals surface area (Å²) >= 11 is 0. The highest BCUT2D eigenvalue weighted by Gasteiger charge is 2.36. The fraction of sp³-hybridized carbons (Fsp3) is 0.0517. The van der Waals surface area contributed by atoms with Crippen LogP contribution >= 0.6 is 0 Å². The smallest absolute Gasteiger partial charge is 0.193 e. The van der Waals surface area contributed by atoms with Crippen LogP contribution in [0.3, 0.4) is 0 Å². The second-order valence-electron chi connectivity index (χ2n) is 16.6. The summed E-state index contributed by atoms with van der Waals surface area (Å²) in [6.45, 7) is 4.46. The van der Waals surface area contributed by atoms with Crippen molar-refractivity contribution in [3.05, 3.63) is 247 Å². The zero-order chi connectivity index (χ0) is 41.8. The maximum absolute atomic E-state index is 13.7. The van der Waals surface area contributed by atoms with Crippen molar-refractivity contribution in [3.63, 3.8) is 0 Å². The lowest BCUT2D eigenvalue weighted by atomic mass is 9.68. The topological polar surface area (TPSA) is 28.5 Å². The number of carbonyl (C=O) groups is 1. The van der Waals surface area contributed by atoms with Gasteiger partial charge in [-0.25, -0.2) is 0 Å². The second kappa shape index (κ2) is 14.9. The first kappa shape index (κ1) is 37.1. The molecule has 1 aliphatic carbocycles. The van der Waals surface area contributed by atoms with E-state index in [1.807, 2.05) is 24.3 Å². The van der Waals surface area contributed by atoms with Crippen molar-refractivity contribution in [2.24, 2.45) is 0 Å². The van der Waals surface area contributed by atoms with E-state index in [-0.39, 0.29) is 11.2 Å². The first-order valence-electron chi connectivity index (χ1n) is 21.2. The van der Waals surface area contributed by atoms with Gasteiger partial charge in [0.2, 0.25) is 0 Å². The van der Waals surface area contributed by atoms with E-state index in [4.69, 9.17) is 0 Å². The van der Waals surface area contributed by atoms with Crippen molar-refractivity contribution < 1.29 is 4.79 Å². The standard InChI is InChI=1S/C58H43N3O/c1-58(2)53-29-16-15-28-49(53)57(62)50-33-30-41(37-54(50)58)40-18-17-27-46(36-40)61-55-34-31-47(59(42-19-7-3-8-20-42)43-21-9-4-10-22-43)38-51(55)52-39-48(32-35-56(52)61)60(44-23-11-5-12-24-44)45-25-13-6-14-26-45/h3-39H,1-2H3. The van der Waals surface area contributed by atoms with Crippen molar-refractivity contribution in [2.75, 3.05) is 9.80 Å². The average Bonchev–Trinajstić information content (AvgIpc) is 3.65. The number of fused-ring (bicyclic) bond motifs is 5. The van der Waals surface area contributed by atoms with Gasteiger partial charge in [0.25, 0.3) is 0 Å². The van der Waals surface area contributed by atoms with Crippen LogP contribution in [0.2, 0.25) is 0 Å². The van der Waals surface area contributed by atoms with Gasteiger partial charge in [-0.15, -0.1) is 0 Å². The molecule has 1 heterocycles. The maximum Gasteiger partial charge on any atom is 0.193 e. The van der Waals surface area contributed by atoms with E-state index in [2.05, 4.69) is 228 Å². The summed E-state index contributed by atoms with van der Waals surface area (Å²) in [7, 11) is 0. The molecule has 1 aliphatic rings. The van der Waals surface area contributed by atoms with Crippen LogP contribution in [0, 0.1) is 0 Å². The molecule has 0 saturated heterocycles. The molecule has 4 nitrogen and oxygen atoms in total. The summed E-state index contributed by atoms with van der Waals surface area (Å²) in [6, 6.07) is 79.3. The lowest BCUT2D eigenvalue weighted by Crippen LogP contribution is -2.30. The predicted octanol–water partition coefficient (Wildman–Crippen LogP) is 15.3. The van der Waals surface area contributed by atoms with E-state index in [1.165, 1.54) is 0 Å². The number of ketones is 1. The van der Waals surface area contributed by atoms with Crippen LogP contribution in [-0.4, -0.2) is 10.4 Å². The summed E-state index contributed by atoms with van der Waals surface area (Å²) in [5.41, 5.74) is 15.3. The Bertz CT molecular complexity index is 3060. The molecule has 0 aliphatic heterocycles. The minimum Gasteiger partial charge on any atom is -0.310 e. The number of anilines is 6. The molecule has 0 bridgehead atoms. The molecule has 296 valence electrons. The molecule has 0 spiro atoms. The fourth-order valence-corrected chi connectivity index (χ4v) is 9.54. The summed E-state index contributed by atoms with van der Waals surface area (Å²) in [5, 5.41) is 2.30. The molecule has 0 unspecified atom stereocenters. The van der Waals surface area contributed by atoms with Crippen molar-refractivity contribution >= 4 is 61.7 Å². The van der Waals surface area contributed by atoms with Crippen molar-refractivity contribution in [2.45, 2.75) is 19.3 Å². The third-order valence-corrected chi connectivity index (χ3v) is 12.5. The SMILES string of the molecule is CC1(C)c2ccccc2C(=O)c2ccc(-c3cccc(-n4c5ccc(N(c6ccccc6)c6ccccc6)cc5c5cc(N(c6ccccc6)c6ccccc6)ccc54)c3)cc21. The Morgan fingerprint density at radius 1 is 0.371 bits per heavy atom. The summed E-state index contributed by atoms with van der Waals surface area (Å²) in [6.07, 6.45) is 0. The molecule has 0 amide bonds. The van der Waals surface area contributed by atoms with Gasteiger partial charge in [0.15, 0.2) is 5.78 Å². The molecule has 62 heavy (non-hydrogen) atoms. The lowest BCUT2D eigenvalue weighted by Gasteiger charge is -2.34. The van der Waals surface area contributed by atoms with E-state index >= 15 is 0 Å². The van der Waals surface area contributed by atoms with E-state index in [0.717, 1.165) is 95.0 Å². The van der Waals surface area contributed by atoms with Gasteiger partial charge in [0, 0.05) is 67.1 Å². The van der Waals surface area contributed by atoms with Gasteiger partial charge in [0.05, 0.1) is 11.0 Å². The van der Waals surface area contributed by atoms with E-state index in [9.17, 15) is 4.79 Å². The number of hydrogen-bond donors (Lipinski definition) is 0. The normalized spacial score (nSPS) is 12.8. The van der Waals surface area contributed by atoms with E-state index in [0.29, 0.717) is 0 Å². The number of carbonyl (C=O) groups excluding carboxylic acids is 1. The molecule has 0 radical (unpaired) electrons. The van der Waals surface area contributed by atoms with Gasteiger partial charge in [-0.05, 0) is 125 Å². The van der Waals surface area contributed by atoms with E-state index < -0.39 is 0 Å². The second-order valence-corrected chi connectivity index (χ2v) is 16.6. The molecule has 0 fully saturated rings. The molecule has 4 heteroatoms. The number of rotatable bonds is 8. The van der Waals surface area contributed by atoms with Crippen LogP contribution in [-0.2, 0) is 5.41 Å². The van der Waals surface area contributed by atoms with Gasteiger partial charge < -0.3 is 14.4 Å². The number of para-hydroxylation sites is 4. The molecule has 10 aromatic rings. The molecule has 1 aromatic heterocycles. The Morgan fingerprint density at radius 3 is 1.34 bits per heavy atom. The largest absolute Gasteiger partial charge is 0.310 e. The maximum atomic E-state index is 13.7. The molecule has 0 atom stereocenters. The molecule has 11 rings (SSSR count). The molecular weight excluding hydrogens is 755 g/mol. The molecular formula is C58H43N3O. The highest BCUT2D eigenvalue weighted by atomic mass is 16.1. The molecule has 0 N–H and O–H groups in total. The van der Waals surface area contributed by atoms with Crippen molar-refractivity contribution in [1.82, 2.24) is 4.57 Å². The van der Waals surface area contributed by atoms with Crippen LogP contribution < -0.4 is 9.80 Å². The summed E-state index contributed by atoms with van der Waals surface area (Å²) in [5.74, 6) is 0.0930. The van der Waals surface area contributed by atoms with Gasteiger partial charge in [-0.2, -0.15) is 0 Å². The monoisotopic (exact) mass is 797 g/mol. The molecule has 9 aromatic carbocycles. The first-order valence-corrected chi connectivity index (χ1v) is 21.2. The summed E-state index contributed by atoms with van der Waals surface area (Å²) in [4.78, 5) is 18.4. The highest BCUT2D eigenvalue weighted by Crippen LogP contribution is 2.45. The Labute approximate surface area is 362 Å². The van der Waals surface area contributed by atoms with Crippen LogP contribution in [0.5, 0.6) is 0 Å². The molecule has 0 saturated carbocycles. The van der Waals surface area contributed by atoms with Crippen LogP contribution in [0.1, 0.15) is 40.9 Å². The number of nitrogens with zero attached hydrogens (tertiary/aromatic N) is 3. The Hall–Kier alpha value is -7.95. The van der Waals surface area contributed by atoms with Crippen molar-refractivity contribution in [3.8, 4) is 16.8 Å². The lowest BCUT2D eigenvalue weighted by molar-refractivity contribution is 0.103. The van der Waals surface area contributed by atoms with Gasteiger partial charge in [-0.1, -0.05) is 135 Å². The van der Waals surface area contributed by atoms with Crippen LogP contribution in [0.15, 0.2) is 224 Å². The predicted molar refractivity (Wildman–Crippen MR) is 258 cm³/mol. The summed E-state index contributed by atoms with van der Waals surface area (Å²) < 4.78 is 2.40. The minimum absolute atomic E-state index is 0.0930. The van der Waals surface area contributed by atoms with Gasteiger partial charge in [0.1, 0.15) is 0 Å². The van der Waals surface area contributed by atoms with Crippen LogP contribution in [0.4, 0.5) is 34.1 Å². The third kappa shape index (κ3) is 6.19. The average molecular weight is 798 g/mol. The van der Waals surface area contributed by atoms with Crippen LogP contribution in [0.25, 0.3) is 38.6 Å². The third-order valence-electron chi connectivity index (χ3n) is 12.5. The fourth-order valence-electron chi connectivity index (χ4n) is 9.54. The first-order chi connectivity index (χ1) is 30.4. The van der Waals surface area contributed by atoms with Gasteiger partial charge >= 0.3 is 0 Å². The zero-order valence-electron chi connectivity index (χ0n) is 34.6. The number of aromatic nitrogens is 1. The minimum atomic E-state index is -0.323. The Balaban J connectivity index is 1.11. The number of benzene rings is 9. The Morgan fingerprint density at radius 2 is 0.823 bits per heavy atom. The van der Waals surface area contributed by atoms with Crippen molar-refractivity contribution in [1.29, 1.82) is 0 Å². The quantitative estimate of drug-likeness (QED) is 0.153. The Kier molecular flexibility index (Phi) is 8.94. The number of hydrogen-bond acceptors (Lipinski definition) is 3. The zero-order valence-corrected chi connectivity index (χ0v) is 34.6. The van der Waals surface area contributed by atoms with E-state index in [1.54, 1.807) is 0 Å². The highest BCUT2D eigenvalue weighted by molar-refractivity contribution is 6.14.